The molecule has 0 aromatic heterocycles. The standard InChI is InChI=1S/C26H28N4O6/c1-16-10-12-26(13-11-16)24(34)30(25(35)28-26)29-21(31)15-36-23(33)19-8-3-4-9-20(19)27-22(32)18-7-5-6-17(2)14-18/h3-9,14,16H,10-13,15H2,1-2H3,(H,27,32)(H,28,35)(H,29,31). The van der Waals surface area contributed by atoms with E-state index in [1.54, 1.807) is 36.4 Å². The number of hydrogen-bond donors (Lipinski definition) is 3. The van der Waals surface area contributed by atoms with E-state index in [-0.39, 0.29) is 11.3 Å². The lowest BCUT2D eigenvalue weighted by Gasteiger charge is -2.33. The number of carbonyl (C=O) groups is 5. The van der Waals surface area contributed by atoms with Crippen molar-refractivity contribution >= 4 is 35.4 Å². The molecule has 1 heterocycles. The fourth-order valence-electron chi connectivity index (χ4n) is 4.43. The molecule has 0 atom stereocenters. The van der Waals surface area contributed by atoms with Crippen molar-refractivity contribution in [2.75, 3.05) is 11.9 Å². The largest absolute Gasteiger partial charge is 0.452 e. The molecule has 36 heavy (non-hydrogen) atoms. The molecule has 2 aliphatic rings. The molecule has 1 aliphatic heterocycles. The number of nitrogens with one attached hydrogen (secondary N) is 3. The lowest BCUT2D eigenvalue weighted by Crippen LogP contribution is -2.52. The van der Waals surface area contributed by atoms with Gasteiger partial charge in [0.05, 0.1) is 11.3 Å². The fourth-order valence-corrected chi connectivity index (χ4v) is 4.43. The predicted octanol–water partition coefficient (Wildman–Crippen LogP) is 2.94. The molecule has 4 rings (SSSR count). The third-order valence-corrected chi connectivity index (χ3v) is 6.54. The van der Waals surface area contributed by atoms with Crippen molar-refractivity contribution in [3.05, 3.63) is 65.2 Å². The fraction of sp³-hybridized carbons (Fsp3) is 0.346. The Hall–Kier alpha value is -4.21. The number of esters is 1. The number of benzene rings is 2. The molecule has 1 aliphatic carbocycles. The van der Waals surface area contributed by atoms with Crippen LogP contribution in [0.3, 0.4) is 0 Å². The Morgan fingerprint density at radius 3 is 2.53 bits per heavy atom. The van der Waals surface area contributed by atoms with Gasteiger partial charge in [0.15, 0.2) is 6.61 Å². The number of ether oxygens (including phenoxy) is 1. The minimum absolute atomic E-state index is 0.0524. The maximum Gasteiger partial charge on any atom is 0.344 e. The summed E-state index contributed by atoms with van der Waals surface area (Å²) in [6, 6.07) is 12.5. The van der Waals surface area contributed by atoms with Gasteiger partial charge in [-0.05, 0) is 62.8 Å². The summed E-state index contributed by atoms with van der Waals surface area (Å²) >= 11 is 0. The van der Waals surface area contributed by atoms with Gasteiger partial charge in [-0.25, -0.2) is 9.59 Å². The lowest BCUT2D eigenvalue weighted by atomic mass is 9.77. The van der Waals surface area contributed by atoms with E-state index in [0.29, 0.717) is 29.3 Å². The molecule has 2 aromatic rings. The molecule has 1 spiro atoms. The Morgan fingerprint density at radius 1 is 1.08 bits per heavy atom. The summed E-state index contributed by atoms with van der Waals surface area (Å²) < 4.78 is 5.10. The molecule has 0 bridgehead atoms. The summed E-state index contributed by atoms with van der Waals surface area (Å²) in [6.45, 7) is 3.23. The Labute approximate surface area is 208 Å². The summed E-state index contributed by atoms with van der Waals surface area (Å²) in [5.41, 5.74) is 2.84. The van der Waals surface area contributed by atoms with E-state index in [9.17, 15) is 24.0 Å². The quantitative estimate of drug-likeness (QED) is 0.419. The molecule has 2 fully saturated rings. The van der Waals surface area contributed by atoms with Crippen molar-refractivity contribution in [1.82, 2.24) is 15.8 Å². The van der Waals surface area contributed by atoms with Crippen molar-refractivity contribution in [2.45, 2.75) is 45.1 Å². The lowest BCUT2D eigenvalue weighted by molar-refractivity contribution is -0.141. The Balaban J connectivity index is 1.35. The van der Waals surface area contributed by atoms with Gasteiger partial charge in [0, 0.05) is 5.56 Å². The first-order valence-corrected chi connectivity index (χ1v) is 11.8. The van der Waals surface area contributed by atoms with Crippen LogP contribution < -0.4 is 16.1 Å². The van der Waals surface area contributed by atoms with Crippen molar-refractivity contribution in [2.24, 2.45) is 5.92 Å². The summed E-state index contributed by atoms with van der Waals surface area (Å²) in [7, 11) is 0. The normalized spacial score (nSPS) is 21.2. The highest BCUT2D eigenvalue weighted by Crippen LogP contribution is 2.35. The number of carbonyl (C=O) groups excluding carboxylic acids is 5. The molecule has 2 aromatic carbocycles. The number of nitrogens with zero attached hydrogens (tertiary/aromatic N) is 1. The van der Waals surface area contributed by atoms with E-state index in [4.69, 9.17) is 4.74 Å². The Morgan fingerprint density at radius 2 is 1.81 bits per heavy atom. The molecule has 5 amide bonds. The van der Waals surface area contributed by atoms with E-state index in [1.807, 2.05) is 13.0 Å². The van der Waals surface area contributed by atoms with Crippen LogP contribution in [0.2, 0.25) is 0 Å². The van der Waals surface area contributed by atoms with Crippen LogP contribution in [0, 0.1) is 12.8 Å². The van der Waals surface area contributed by atoms with Crippen LogP contribution in [0.4, 0.5) is 10.5 Å². The monoisotopic (exact) mass is 492 g/mol. The molecule has 10 nitrogen and oxygen atoms in total. The molecule has 0 radical (unpaired) electrons. The van der Waals surface area contributed by atoms with Gasteiger partial charge >= 0.3 is 12.0 Å². The van der Waals surface area contributed by atoms with Gasteiger partial charge in [-0.15, -0.1) is 0 Å². The average Bonchev–Trinajstić information content (AvgIpc) is 3.08. The van der Waals surface area contributed by atoms with Gasteiger partial charge < -0.3 is 15.4 Å². The number of hydrazine groups is 1. The summed E-state index contributed by atoms with van der Waals surface area (Å²) in [4.78, 5) is 62.9. The maximum atomic E-state index is 12.9. The van der Waals surface area contributed by atoms with Gasteiger partial charge in [0.1, 0.15) is 5.54 Å². The zero-order valence-corrected chi connectivity index (χ0v) is 20.1. The first-order chi connectivity index (χ1) is 17.2. The predicted molar refractivity (Wildman–Crippen MR) is 130 cm³/mol. The van der Waals surface area contributed by atoms with Gasteiger partial charge in [-0.3, -0.25) is 19.8 Å². The van der Waals surface area contributed by atoms with Gasteiger partial charge in [0.2, 0.25) is 0 Å². The topological polar surface area (TPSA) is 134 Å². The average molecular weight is 493 g/mol. The molecular weight excluding hydrogens is 464 g/mol. The van der Waals surface area contributed by atoms with E-state index in [2.05, 4.69) is 23.0 Å². The van der Waals surface area contributed by atoms with E-state index in [0.717, 1.165) is 18.4 Å². The van der Waals surface area contributed by atoms with Gasteiger partial charge in [0.25, 0.3) is 17.7 Å². The number of rotatable bonds is 6. The van der Waals surface area contributed by atoms with Crippen molar-refractivity contribution in [3.63, 3.8) is 0 Å². The minimum atomic E-state index is -0.998. The van der Waals surface area contributed by atoms with Crippen molar-refractivity contribution in [3.8, 4) is 0 Å². The van der Waals surface area contributed by atoms with Crippen molar-refractivity contribution < 1.29 is 28.7 Å². The number of amides is 5. The van der Waals surface area contributed by atoms with E-state index >= 15 is 0 Å². The number of para-hydroxylation sites is 1. The zero-order chi connectivity index (χ0) is 25.9. The maximum absolute atomic E-state index is 12.9. The van der Waals surface area contributed by atoms with Gasteiger partial charge in [-0.2, -0.15) is 5.01 Å². The molecule has 10 heteroatoms. The molecule has 1 saturated carbocycles. The summed E-state index contributed by atoms with van der Waals surface area (Å²) in [6.07, 6.45) is 2.60. The summed E-state index contributed by atoms with van der Waals surface area (Å²) in [5, 5.41) is 6.04. The SMILES string of the molecule is Cc1cccc(C(=O)Nc2ccccc2C(=O)OCC(=O)NN2C(=O)NC3(CCC(C)CC3)C2=O)c1. The van der Waals surface area contributed by atoms with E-state index < -0.39 is 41.9 Å². The number of hydrogen-bond acceptors (Lipinski definition) is 6. The molecule has 188 valence electrons. The molecular formula is C26H28N4O6. The van der Waals surface area contributed by atoms with Crippen LogP contribution in [-0.4, -0.2) is 46.9 Å². The second-order valence-electron chi connectivity index (χ2n) is 9.32. The molecule has 3 N–H and O–H groups in total. The first-order valence-electron chi connectivity index (χ1n) is 11.8. The number of imide groups is 1. The van der Waals surface area contributed by atoms with Crippen LogP contribution in [0.5, 0.6) is 0 Å². The third kappa shape index (κ3) is 5.22. The van der Waals surface area contributed by atoms with Crippen LogP contribution in [-0.2, 0) is 14.3 Å². The smallest absolute Gasteiger partial charge is 0.344 e. The Kier molecular flexibility index (Phi) is 7.05. The van der Waals surface area contributed by atoms with Crippen molar-refractivity contribution in [1.29, 1.82) is 0 Å². The zero-order valence-electron chi connectivity index (χ0n) is 20.1. The highest BCUT2D eigenvalue weighted by atomic mass is 16.5. The van der Waals surface area contributed by atoms with E-state index in [1.165, 1.54) is 6.07 Å². The second kappa shape index (κ2) is 10.2. The number of anilines is 1. The number of urea groups is 1. The van der Waals surface area contributed by atoms with Crippen LogP contribution >= 0.6 is 0 Å². The third-order valence-electron chi connectivity index (χ3n) is 6.54. The highest BCUT2D eigenvalue weighted by Gasteiger charge is 2.52. The summed E-state index contributed by atoms with van der Waals surface area (Å²) in [5.74, 6) is -2.13. The molecule has 0 unspecified atom stereocenters. The van der Waals surface area contributed by atoms with Crippen LogP contribution in [0.15, 0.2) is 48.5 Å². The first kappa shape index (κ1) is 24.9. The molecule has 1 saturated heterocycles. The van der Waals surface area contributed by atoms with Gasteiger partial charge in [-0.1, -0.05) is 36.8 Å². The Bertz CT molecular complexity index is 1220. The minimum Gasteiger partial charge on any atom is -0.452 e. The van der Waals surface area contributed by atoms with Crippen LogP contribution in [0.1, 0.15) is 58.9 Å². The second-order valence-corrected chi connectivity index (χ2v) is 9.32. The van der Waals surface area contributed by atoms with Crippen LogP contribution in [0.25, 0.3) is 0 Å². The highest BCUT2D eigenvalue weighted by molar-refractivity contribution is 6.09. The number of aryl methyl sites for hydroxylation is 1.